The third-order valence-corrected chi connectivity index (χ3v) is 2.41. The Morgan fingerprint density at radius 1 is 1.47 bits per heavy atom. The third kappa shape index (κ3) is 4.03. The van der Waals surface area contributed by atoms with E-state index in [1.54, 1.807) is 12.1 Å². The monoisotopic (exact) mass is 238 g/mol. The maximum atomic E-state index is 10.9. The van der Waals surface area contributed by atoms with Crippen molar-refractivity contribution in [2.45, 2.75) is 26.8 Å². The molecule has 0 aliphatic heterocycles. The summed E-state index contributed by atoms with van der Waals surface area (Å²) in [6, 6.07) is 4.82. The summed E-state index contributed by atoms with van der Waals surface area (Å²) < 4.78 is 5.43. The minimum absolute atomic E-state index is 0.0169. The van der Waals surface area contributed by atoms with Crippen LogP contribution in [0.5, 0.6) is 5.75 Å². The summed E-state index contributed by atoms with van der Waals surface area (Å²) in [5.41, 5.74) is 6.16. The molecule has 0 unspecified atom stereocenters. The van der Waals surface area contributed by atoms with Gasteiger partial charge >= 0.3 is 5.69 Å². The zero-order valence-corrected chi connectivity index (χ0v) is 10.2. The molecule has 0 aromatic heterocycles. The molecule has 1 rings (SSSR count). The van der Waals surface area contributed by atoms with Gasteiger partial charge in [-0.15, -0.1) is 0 Å². The van der Waals surface area contributed by atoms with Gasteiger partial charge in [-0.25, -0.2) is 0 Å². The highest BCUT2D eigenvalue weighted by atomic mass is 16.6. The van der Waals surface area contributed by atoms with E-state index in [4.69, 9.17) is 10.5 Å². The van der Waals surface area contributed by atoms with Crippen LogP contribution in [-0.2, 0) is 6.54 Å². The molecule has 0 fully saturated rings. The molecule has 0 amide bonds. The second kappa shape index (κ2) is 6.20. The van der Waals surface area contributed by atoms with Gasteiger partial charge in [-0.2, -0.15) is 0 Å². The highest BCUT2D eigenvalue weighted by Gasteiger charge is 2.15. The maximum absolute atomic E-state index is 10.9. The zero-order chi connectivity index (χ0) is 12.8. The van der Waals surface area contributed by atoms with E-state index in [1.807, 2.05) is 0 Å². The number of nitro benzene ring substituents is 1. The summed E-state index contributed by atoms with van der Waals surface area (Å²) in [7, 11) is 0. The predicted molar refractivity (Wildman–Crippen MR) is 65.9 cm³/mol. The normalized spacial score (nSPS) is 10.6. The lowest BCUT2D eigenvalue weighted by molar-refractivity contribution is -0.385. The Hall–Kier alpha value is -1.62. The molecule has 0 atom stereocenters. The van der Waals surface area contributed by atoms with Gasteiger partial charge in [0.1, 0.15) is 0 Å². The fourth-order valence-electron chi connectivity index (χ4n) is 1.36. The number of rotatable bonds is 6. The van der Waals surface area contributed by atoms with Crippen LogP contribution >= 0.6 is 0 Å². The van der Waals surface area contributed by atoms with E-state index in [-0.39, 0.29) is 12.2 Å². The summed E-state index contributed by atoms with van der Waals surface area (Å²) in [5, 5.41) is 10.9. The average Bonchev–Trinajstić information content (AvgIpc) is 2.28. The lowest BCUT2D eigenvalue weighted by Crippen LogP contribution is -2.04. The minimum Gasteiger partial charge on any atom is -0.487 e. The highest BCUT2D eigenvalue weighted by molar-refractivity contribution is 5.48. The summed E-state index contributed by atoms with van der Waals surface area (Å²) in [4.78, 5) is 10.4. The first-order chi connectivity index (χ1) is 8.04. The summed E-state index contributed by atoms with van der Waals surface area (Å²) in [6.07, 6.45) is 0.871. The number of hydrogen-bond acceptors (Lipinski definition) is 4. The molecule has 0 spiro atoms. The molecule has 1 aromatic carbocycles. The molecule has 0 saturated carbocycles. The van der Waals surface area contributed by atoms with Crippen molar-refractivity contribution in [3.8, 4) is 5.75 Å². The summed E-state index contributed by atoms with van der Waals surface area (Å²) in [6.45, 7) is 4.93. The van der Waals surface area contributed by atoms with Gasteiger partial charge in [-0.05, 0) is 24.0 Å². The van der Waals surface area contributed by atoms with E-state index < -0.39 is 4.92 Å². The van der Waals surface area contributed by atoms with E-state index in [9.17, 15) is 10.1 Å². The standard InChI is InChI=1S/C12H18N2O3/c1-9(2)5-6-17-12-4-3-10(8-13)7-11(12)14(15)16/h3-4,7,9H,5-6,8,13H2,1-2H3. The zero-order valence-electron chi connectivity index (χ0n) is 10.2. The minimum atomic E-state index is -0.441. The van der Waals surface area contributed by atoms with Crippen LogP contribution in [-0.4, -0.2) is 11.5 Å². The lowest BCUT2D eigenvalue weighted by atomic mass is 10.1. The van der Waals surface area contributed by atoms with Crippen molar-refractivity contribution < 1.29 is 9.66 Å². The van der Waals surface area contributed by atoms with E-state index in [1.165, 1.54) is 6.07 Å². The van der Waals surface area contributed by atoms with Gasteiger partial charge < -0.3 is 10.5 Å². The van der Waals surface area contributed by atoms with E-state index >= 15 is 0 Å². The Kier molecular flexibility index (Phi) is 4.90. The van der Waals surface area contributed by atoms with Gasteiger partial charge in [-0.3, -0.25) is 10.1 Å². The van der Waals surface area contributed by atoms with Crippen LogP contribution in [0.15, 0.2) is 18.2 Å². The molecule has 94 valence electrons. The largest absolute Gasteiger partial charge is 0.487 e. The van der Waals surface area contributed by atoms with Crippen molar-refractivity contribution >= 4 is 5.69 Å². The predicted octanol–water partition coefficient (Wildman–Crippen LogP) is 2.48. The second-order valence-corrected chi connectivity index (χ2v) is 4.29. The van der Waals surface area contributed by atoms with Crippen molar-refractivity contribution in [2.75, 3.05) is 6.61 Å². The van der Waals surface area contributed by atoms with Crippen molar-refractivity contribution in [3.63, 3.8) is 0 Å². The molecule has 5 heteroatoms. The van der Waals surface area contributed by atoms with Crippen molar-refractivity contribution in [1.82, 2.24) is 0 Å². The van der Waals surface area contributed by atoms with Gasteiger partial charge in [0.2, 0.25) is 0 Å². The molecule has 0 heterocycles. The summed E-state index contributed by atoms with van der Waals surface area (Å²) in [5.74, 6) is 0.824. The Balaban J connectivity index is 2.80. The fourth-order valence-corrected chi connectivity index (χ4v) is 1.36. The van der Waals surface area contributed by atoms with Crippen molar-refractivity contribution in [1.29, 1.82) is 0 Å². The smallest absolute Gasteiger partial charge is 0.311 e. The maximum Gasteiger partial charge on any atom is 0.311 e. The molecule has 1 aromatic rings. The molecule has 0 saturated heterocycles. The molecular weight excluding hydrogens is 220 g/mol. The van der Waals surface area contributed by atoms with Gasteiger partial charge in [0.15, 0.2) is 5.75 Å². The number of benzene rings is 1. The first-order valence-corrected chi connectivity index (χ1v) is 5.64. The van der Waals surface area contributed by atoms with Crippen LogP contribution in [0.4, 0.5) is 5.69 Å². The van der Waals surface area contributed by atoms with Crippen LogP contribution in [0, 0.1) is 16.0 Å². The summed E-state index contributed by atoms with van der Waals surface area (Å²) >= 11 is 0. The van der Waals surface area contributed by atoms with Crippen LogP contribution in [0.3, 0.4) is 0 Å². The number of nitrogens with two attached hydrogens (primary N) is 1. The average molecular weight is 238 g/mol. The molecule has 0 radical (unpaired) electrons. The quantitative estimate of drug-likeness (QED) is 0.610. The highest BCUT2D eigenvalue weighted by Crippen LogP contribution is 2.28. The van der Waals surface area contributed by atoms with E-state index in [0.717, 1.165) is 12.0 Å². The molecule has 17 heavy (non-hydrogen) atoms. The first kappa shape index (κ1) is 13.4. The van der Waals surface area contributed by atoms with E-state index in [0.29, 0.717) is 18.3 Å². The topological polar surface area (TPSA) is 78.4 Å². The molecule has 5 nitrogen and oxygen atoms in total. The van der Waals surface area contributed by atoms with Crippen molar-refractivity contribution in [2.24, 2.45) is 11.7 Å². The molecule has 2 N–H and O–H groups in total. The third-order valence-electron chi connectivity index (χ3n) is 2.41. The van der Waals surface area contributed by atoms with E-state index in [2.05, 4.69) is 13.8 Å². The Morgan fingerprint density at radius 2 is 2.18 bits per heavy atom. The van der Waals surface area contributed by atoms with Crippen LogP contribution in [0.25, 0.3) is 0 Å². The van der Waals surface area contributed by atoms with Crippen LogP contribution in [0.2, 0.25) is 0 Å². The molecular formula is C12H18N2O3. The molecule has 0 aliphatic carbocycles. The second-order valence-electron chi connectivity index (χ2n) is 4.29. The molecule has 0 aliphatic rings. The van der Waals surface area contributed by atoms with Gasteiger partial charge in [0, 0.05) is 12.6 Å². The Labute approximate surface area is 101 Å². The van der Waals surface area contributed by atoms with Crippen molar-refractivity contribution in [3.05, 3.63) is 33.9 Å². The number of nitro groups is 1. The fraction of sp³-hybridized carbons (Fsp3) is 0.500. The van der Waals surface area contributed by atoms with Crippen LogP contribution in [0.1, 0.15) is 25.8 Å². The Morgan fingerprint density at radius 3 is 2.71 bits per heavy atom. The number of nitrogens with zero attached hydrogens (tertiary/aromatic N) is 1. The SMILES string of the molecule is CC(C)CCOc1ccc(CN)cc1[N+](=O)[O-]. The molecule has 0 bridgehead atoms. The number of hydrogen-bond donors (Lipinski definition) is 1. The Bertz CT molecular complexity index is 391. The number of ether oxygens (including phenoxy) is 1. The van der Waals surface area contributed by atoms with Gasteiger partial charge in [0.25, 0.3) is 0 Å². The van der Waals surface area contributed by atoms with Gasteiger partial charge in [0.05, 0.1) is 11.5 Å². The van der Waals surface area contributed by atoms with Crippen LogP contribution < -0.4 is 10.5 Å². The van der Waals surface area contributed by atoms with Gasteiger partial charge in [-0.1, -0.05) is 19.9 Å². The first-order valence-electron chi connectivity index (χ1n) is 5.64. The lowest BCUT2D eigenvalue weighted by Gasteiger charge is -2.09.